The van der Waals surface area contributed by atoms with Crippen molar-refractivity contribution in [3.05, 3.63) is 59.2 Å². The molecule has 0 aromatic heterocycles. The van der Waals surface area contributed by atoms with E-state index in [-0.39, 0.29) is 17.3 Å². The molecule has 0 spiro atoms. The van der Waals surface area contributed by atoms with Gasteiger partial charge in [-0.1, -0.05) is 12.1 Å². The fourth-order valence-electron chi connectivity index (χ4n) is 4.49. The first-order valence-electron chi connectivity index (χ1n) is 11.1. The molecule has 2 N–H and O–H groups in total. The summed E-state index contributed by atoms with van der Waals surface area (Å²) in [6, 6.07) is 9.83. The van der Waals surface area contributed by atoms with Gasteiger partial charge in [0.2, 0.25) is 15.9 Å². The first-order chi connectivity index (χ1) is 16.0. The molecule has 0 aliphatic carbocycles. The highest BCUT2D eigenvalue weighted by Crippen LogP contribution is 2.31. The molecule has 0 bridgehead atoms. The molecule has 0 saturated carbocycles. The van der Waals surface area contributed by atoms with Crippen molar-refractivity contribution in [2.45, 2.75) is 30.5 Å². The van der Waals surface area contributed by atoms with Crippen molar-refractivity contribution in [3.8, 4) is 0 Å². The van der Waals surface area contributed by atoms with E-state index in [1.165, 1.54) is 24.3 Å². The number of fused-ring (bicyclic) bond motifs is 1. The Labute approximate surface area is 197 Å². The lowest BCUT2D eigenvalue weighted by Gasteiger charge is -2.24. The Balaban J connectivity index is 1.32. The minimum absolute atomic E-state index is 0.0428. The van der Waals surface area contributed by atoms with Gasteiger partial charge in [-0.3, -0.25) is 14.6 Å². The first-order valence-corrected chi connectivity index (χ1v) is 12.6. The van der Waals surface area contributed by atoms with Crippen molar-refractivity contribution in [3.63, 3.8) is 0 Å². The number of hydrogen-bond acceptors (Lipinski definition) is 5. The van der Waals surface area contributed by atoms with Crippen LogP contribution >= 0.6 is 0 Å². The second-order valence-electron chi connectivity index (χ2n) is 8.73. The van der Waals surface area contributed by atoms with Crippen LogP contribution < -0.4 is 10.0 Å². The molecule has 0 atom stereocenters. The van der Waals surface area contributed by atoms with E-state index >= 15 is 0 Å². The SMILES string of the molecule is NS(=O)(=O)c1ccc2c(c1)CCN2C(=O)CN1CCCN(Cc2ccc(C(F)(F)F)cc2)CC1. The Bertz CT molecular complexity index is 1150. The molecule has 2 aliphatic rings. The quantitative estimate of drug-likeness (QED) is 0.687. The highest BCUT2D eigenvalue weighted by Gasteiger charge is 2.30. The highest BCUT2D eigenvalue weighted by molar-refractivity contribution is 7.89. The van der Waals surface area contributed by atoms with Crippen LogP contribution in [0.25, 0.3) is 0 Å². The van der Waals surface area contributed by atoms with E-state index in [9.17, 15) is 26.4 Å². The van der Waals surface area contributed by atoms with E-state index in [4.69, 9.17) is 5.14 Å². The lowest BCUT2D eigenvalue weighted by Crippen LogP contribution is -2.41. The molecule has 1 saturated heterocycles. The van der Waals surface area contributed by atoms with Crippen LogP contribution in [0, 0.1) is 0 Å². The predicted octanol–water partition coefficient (Wildman–Crippen LogP) is 2.45. The number of alkyl halides is 3. The van der Waals surface area contributed by atoms with E-state index in [2.05, 4.69) is 9.80 Å². The van der Waals surface area contributed by atoms with Crippen molar-refractivity contribution < 1.29 is 26.4 Å². The van der Waals surface area contributed by atoms with Crippen molar-refractivity contribution in [2.75, 3.05) is 44.2 Å². The Hall–Kier alpha value is -2.47. The third-order valence-corrected chi connectivity index (χ3v) is 7.21. The lowest BCUT2D eigenvalue weighted by molar-refractivity contribution is -0.137. The van der Waals surface area contributed by atoms with Gasteiger partial charge in [0.05, 0.1) is 17.0 Å². The second kappa shape index (κ2) is 9.65. The molecule has 184 valence electrons. The number of anilines is 1. The maximum atomic E-state index is 13.0. The fraction of sp³-hybridized carbons (Fsp3) is 0.435. The van der Waals surface area contributed by atoms with Crippen LogP contribution in [-0.4, -0.2) is 63.4 Å². The lowest BCUT2D eigenvalue weighted by atomic mass is 10.1. The van der Waals surface area contributed by atoms with Gasteiger partial charge in [0, 0.05) is 31.9 Å². The van der Waals surface area contributed by atoms with E-state index in [0.29, 0.717) is 32.6 Å². The fourth-order valence-corrected chi connectivity index (χ4v) is 5.05. The molecule has 2 aromatic carbocycles. The van der Waals surface area contributed by atoms with Gasteiger partial charge in [-0.05, 0) is 67.4 Å². The number of nitrogens with two attached hydrogens (primary N) is 1. The maximum absolute atomic E-state index is 13.0. The topological polar surface area (TPSA) is 86.9 Å². The molecule has 2 aliphatic heterocycles. The molecule has 0 radical (unpaired) electrons. The highest BCUT2D eigenvalue weighted by atomic mass is 32.2. The van der Waals surface area contributed by atoms with Crippen molar-refractivity contribution in [1.29, 1.82) is 0 Å². The van der Waals surface area contributed by atoms with Crippen LogP contribution in [0.5, 0.6) is 0 Å². The van der Waals surface area contributed by atoms with Crippen molar-refractivity contribution in [2.24, 2.45) is 5.14 Å². The third kappa shape index (κ3) is 5.77. The summed E-state index contributed by atoms with van der Waals surface area (Å²) >= 11 is 0. The number of halogens is 3. The Morgan fingerprint density at radius 2 is 1.62 bits per heavy atom. The monoisotopic (exact) mass is 496 g/mol. The molecule has 2 aromatic rings. The van der Waals surface area contributed by atoms with E-state index in [1.54, 1.807) is 11.0 Å². The summed E-state index contributed by atoms with van der Waals surface area (Å²) in [4.78, 5) is 19.0. The summed E-state index contributed by atoms with van der Waals surface area (Å²) in [5.74, 6) is -0.0432. The summed E-state index contributed by atoms with van der Waals surface area (Å²) < 4.78 is 61.4. The minimum Gasteiger partial charge on any atom is -0.311 e. The number of amides is 1. The number of primary sulfonamides is 1. The van der Waals surface area contributed by atoms with Crippen LogP contribution in [0.15, 0.2) is 47.4 Å². The zero-order chi connectivity index (χ0) is 24.5. The largest absolute Gasteiger partial charge is 0.416 e. The standard InChI is InChI=1S/C23H27F3N4O3S/c24-23(25,26)19-4-2-17(3-5-19)15-28-9-1-10-29(13-12-28)16-22(31)30-11-8-18-14-20(34(27,32)33)6-7-21(18)30/h2-7,14H,1,8-13,15-16H2,(H2,27,32,33). The van der Waals surface area contributed by atoms with Gasteiger partial charge in [-0.25, -0.2) is 13.6 Å². The maximum Gasteiger partial charge on any atom is 0.416 e. The second-order valence-corrected chi connectivity index (χ2v) is 10.3. The van der Waals surface area contributed by atoms with Crippen LogP contribution in [0.3, 0.4) is 0 Å². The molecular weight excluding hydrogens is 469 g/mol. The number of benzene rings is 2. The molecule has 1 fully saturated rings. The first kappa shape index (κ1) is 24.6. The Morgan fingerprint density at radius 1 is 0.941 bits per heavy atom. The van der Waals surface area contributed by atoms with Crippen LogP contribution in [0.1, 0.15) is 23.1 Å². The number of carbonyl (C=O) groups is 1. The van der Waals surface area contributed by atoms with Crippen molar-refractivity contribution >= 4 is 21.6 Å². The number of hydrogen-bond donors (Lipinski definition) is 1. The number of carbonyl (C=O) groups excluding carboxylic acids is 1. The summed E-state index contributed by atoms with van der Waals surface area (Å²) in [6.07, 6.45) is -2.91. The van der Waals surface area contributed by atoms with E-state index in [1.807, 2.05) is 0 Å². The molecule has 1 amide bonds. The average molecular weight is 497 g/mol. The predicted molar refractivity (Wildman–Crippen MR) is 122 cm³/mol. The minimum atomic E-state index is -4.34. The molecule has 11 heteroatoms. The molecule has 7 nitrogen and oxygen atoms in total. The number of sulfonamides is 1. The summed E-state index contributed by atoms with van der Waals surface area (Å²) in [7, 11) is -3.79. The summed E-state index contributed by atoms with van der Waals surface area (Å²) in [5, 5.41) is 5.20. The molecular formula is C23H27F3N4O3S. The van der Waals surface area contributed by atoms with Crippen LogP contribution in [0.2, 0.25) is 0 Å². The van der Waals surface area contributed by atoms with Gasteiger partial charge in [-0.15, -0.1) is 0 Å². The van der Waals surface area contributed by atoms with Gasteiger partial charge in [0.1, 0.15) is 0 Å². The summed E-state index contributed by atoms with van der Waals surface area (Å²) in [6.45, 7) is 4.25. The molecule has 0 unspecified atom stereocenters. The Morgan fingerprint density at radius 3 is 2.29 bits per heavy atom. The number of rotatable bonds is 5. The zero-order valence-corrected chi connectivity index (χ0v) is 19.4. The Kier molecular flexibility index (Phi) is 6.99. The average Bonchev–Trinajstić information content (AvgIpc) is 3.08. The van der Waals surface area contributed by atoms with Gasteiger partial charge in [-0.2, -0.15) is 13.2 Å². The third-order valence-electron chi connectivity index (χ3n) is 6.30. The van der Waals surface area contributed by atoms with Crippen LogP contribution in [-0.2, 0) is 34.0 Å². The normalized spacial score (nSPS) is 18.1. The molecule has 4 rings (SSSR count). The smallest absolute Gasteiger partial charge is 0.311 e. The number of nitrogens with zero attached hydrogens (tertiary/aromatic N) is 3. The molecule has 34 heavy (non-hydrogen) atoms. The van der Waals surface area contributed by atoms with Gasteiger partial charge >= 0.3 is 6.18 Å². The van der Waals surface area contributed by atoms with E-state index in [0.717, 1.165) is 48.5 Å². The van der Waals surface area contributed by atoms with E-state index < -0.39 is 21.8 Å². The molecule has 2 heterocycles. The van der Waals surface area contributed by atoms with Crippen LogP contribution in [0.4, 0.5) is 18.9 Å². The van der Waals surface area contributed by atoms with Crippen molar-refractivity contribution in [1.82, 2.24) is 9.80 Å². The zero-order valence-electron chi connectivity index (χ0n) is 18.6. The van der Waals surface area contributed by atoms with Gasteiger partial charge < -0.3 is 4.90 Å². The van der Waals surface area contributed by atoms with Gasteiger partial charge in [0.15, 0.2) is 0 Å². The van der Waals surface area contributed by atoms with Gasteiger partial charge in [0.25, 0.3) is 0 Å². The summed E-state index contributed by atoms with van der Waals surface area (Å²) in [5.41, 5.74) is 1.68.